The lowest BCUT2D eigenvalue weighted by atomic mass is 9.94. The van der Waals surface area contributed by atoms with E-state index in [0.29, 0.717) is 17.9 Å². The minimum absolute atomic E-state index is 0.0749. The van der Waals surface area contributed by atoms with E-state index in [1.54, 1.807) is 17.0 Å². The van der Waals surface area contributed by atoms with Gasteiger partial charge in [-0.15, -0.1) is 0 Å². The fourth-order valence-electron chi connectivity index (χ4n) is 3.77. The molecule has 0 unspecified atom stereocenters. The van der Waals surface area contributed by atoms with Gasteiger partial charge in [0.1, 0.15) is 11.9 Å². The molecule has 6 nitrogen and oxygen atoms in total. The van der Waals surface area contributed by atoms with E-state index in [0.717, 1.165) is 5.56 Å². The summed E-state index contributed by atoms with van der Waals surface area (Å²) in [6, 6.07) is 15.9. The Morgan fingerprint density at radius 2 is 1.87 bits per heavy atom. The van der Waals surface area contributed by atoms with Gasteiger partial charge in [-0.2, -0.15) is 0 Å². The second-order valence-corrected chi connectivity index (χ2v) is 7.70. The molecule has 3 aromatic rings. The van der Waals surface area contributed by atoms with Crippen molar-refractivity contribution in [1.82, 2.24) is 15.4 Å². The van der Waals surface area contributed by atoms with Crippen LogP contribution >= 0.6 is 0 Å². The molecule has 1 fully saturated rings. The molecule has 4 rings (SSSR count). The Morgan fingerprint density at radius 3 is 2.53 bits per heavy atom. The van der Waals surface area contributed by atoms with Crippen LogP contribution in [0.15, 0.2) is 65.2 Å². The van der Waals surface area contributed by atoms with Crippen molar-refractivity contribution in [3.8, 4) is 11.3 Å². The molecule has 30 heavy (non-hydrogen) atoms. The molecule has 1 aliphatic heterocycles. The molecule has 0 spiro atoms. The van der Waals surface area contributed by atoms with Crippen molar-refractivity contribution in [2.75, 3.05) is 6.54 Å². The maximum absolute atomic E-state index is 13.3. The summed E-state index contributed by atoms with van der Waals surface area (Å²) in [6.45, 7) is 4.14. The average molecular weight is 407 g/mol. The van der Waals surface area contributed by atoms with Gasteiger partial charge in [0.05, 0.1) is 6.04 Å². The predicted octanol–water partition coefficient (Wildman–Crippen LogP) is 3.82. The number of rotatable bonds is 4. The second kappa shape index (κ2) is 8.10. The molecule has 1 aliphatic rings. The minimum atomic E-state index is -0.608. The Kier molecular flexibility index (Phi) is 5.35. The Labute approximate surface area is 173 Å². The van der Waals surface area contributed by atoms with Crippen LogP contribution in [0.4, 0.5) is 4.39 Å². The van der Waals surface area contributed by atoms with Gasteiger partial charge < -0.3 is 14.7 Å². The number of nitrogens with one attached hydrogen (secondary N) is 1. The largest absolute Gasteiger partial charge is 0.355 e. The monoisotopic (exact) mass is 407 g/mol. The fourth-order valence-corrected chi connectivity index (χ4v) is 3.77. The van der Waals surface area contributed by atoms with Gasteiger partial charge in [0.25, 0.3) is 5.91 Å². The van der Waals surface area contributed by atoms with E-state index in [1.807, 2.05) is 44.2 Å². The number of nitrogens with zero attached hydrogens (tertiary/aromatic N) is 2. The smallest absolute Gasteiger partial charge is 0.276 e. The Bertz CT molecular complexity index is 1050. The van der Waals surface area contributed by atoms with Crippen LogP contribution in [0, 0.1) is 11.7 Å². The third-order valence-electron chi connectivity index (χ3n) is 5.25. The molecule has 0 bridgehead atoms. The van der Waals surface area contributed by atoms with Crippen LogP contribution < -0.4 is 5.32 Å². The lowest BCUT2D eigenvalue weighted by Gasteiger charge is -2.41. The van der Waals surface area contributed by atoms with Gasteiger partial charge in [0.15, 0.2) is 11.5 Å². The van der Waals surface area contributed by atoms with Crippen molar-refractivity contribution in [2.24, 2.45) is 5.92 Å². The summed E-state index contributed by atoms with van der Waals surface area (Å²) < 4.78 is 18.5. The van der Waals surface area contributed by atoms with Crippen LogP contribution in [0.5, 0.6) is 0 Å². The number of benzene rings is 2. The van der Waals surface area contributed by atoms with E-state index in [9.17, 15) is 14.0 Å². The third-order valence-corrected chi connectivity index (χ3v) is 5.25. The van der Waals surface area contributed by atoms with Crippen LogP contribution in [0.3, 0.4) is 0 Å². The first-order valence-electron chi connectivity index (χ1n) is 9.83. The minimum Gasteiger partial charge on any atom is -0.355 e. The summed E-state index contributed by atoms with van der Waals surface area (Å²) in [5.74, 6) is -0.641. The molecule has 2 aromatic carbocycles. The van der Waals surface area contributed by atoms with Crippen molar-refractivity contribution in [3.63, 3.8) is 0 Å². The summed E-state index contributed by atoms with van der Waals surface area (Å²) in [6.07, 6.45) is 0. The van der Waals surface area contributed by atoms with Crippen LogP contribution in [0.25, 0.3) is 11.3 Å². The first kappa shape index (κ1) is 19.8. The standard InChI is InChI=1S/C23H22FN3O3/c1-14(2)21-22(28)25-19(15-6-4-3-5-7-15)13-27(21)23(29)18-12-20(30-26-18)16-8-10-17(24)11-9-16/h3-12,14,19,21H,13H2,1-2H3,(H,25,28)/t19-,21+/m1/s1. The number of carbonyl (C=O) groups is 2. The van der Waals surface area contributed by atoms with E-state index >= 15 is 0 Å². The number of hydrogen-bond acceptors (Lipinski definition) is 4. The molecule has 2 heterocycles. The highest BCUT2D eigenvalue weighted by Gasteiger charge is 2.40. The van der Waals surface area contributed by atoms with Gasteiger partial charge >= 0.3 is 0 Å². The molecular formula is C23H22FN3O3. The van der Waals surface area contributed by atoms with Gasteiger partial charge in [0, 0.05) is 18.2 Å². The van der Waals surface area contributed by atoms with Gasteiger partial charge in [-0.3, -0.25) is 9.59 Å². The lowest BCUT2D eigenvalue weighted by molar-refractivity contribution is -0.131. The molecule has 1 aromatic heterocycles. The zero-order valence-corrected chi connectivity index (χ0v) is 16.7. The molecule has 154 valence electrons. The molecule has 0 aliphatic carbocycles. The number of aromatic nitrogens is 1. The summed E-state index contributed by atoms with van der Waals surface area (Å²) >= 11 is 0. The highest BCUT2D eigenvalue weighted by atomic mass is 19.1. The zero-order chi connectivity index (χ0) is 21.3. The normalized spacial score (nSPS) is 19.1. The van der Waals surface area contributed by atoms with Gasteiger partial charge in [0.2, 0.25) is 5.91 Å². The van der Waals surface area contributed by atoms with Crippen LogP contribution in [-0.2, 0) is 4.79 Å². The molecule has 0 radical (unpaired) electrons. The topological polar surface area (TPSA) is 75.4 Å². The number of hydrogen-bond donors (Lipinski definition) is 1. The van der Waals surface area contributed by atoms with E-state index < -0.39 is 6.04 Å². The van der Waals surface area contributed by atoms with E-state index in [4.69, 9.17) is 4.52 Å². The quantitative estimate of drug-likeness (QED) is 0.714. The number of halogens is 1. The molecule has 1 saturated heterocycles. The van der Waals surface area contributed by atoms with Gasteiger partial charge in [-0.25, -0.2) is 4.39 Å². The molecule has 1 N–H and O–H groups in total. The van der Waals surface area contributed by atoms with E-state index in [-0.39, 0.29) is 35.3 Å². The van der Waals surface area contributed by atoms with Crippen molar-refractivity contribution < 1.29 is 18.5 Å². The van der Waals surface area contributed by atoms with Crippen molar-refractivity contribution >= 4 is 11.8 Å². The maximum Gasteiger partial charge on any atom is 0.276 e. The van der Waals surface area contributed by atoms with Gasteiger partial charge in [-0.1, -0.05) is 49.3 Å². The molecular weight excluding hydrogens is 385 g/mol. The van der Waals surface area contributed by atoms with Gasteiger partial charge in [-0.05, 0) is 35.7 Å². The lowest BCUT2D eigenvalue weighted by Crippen LogP contribution is -2.60. The Balaban J connectivity index is 1.63. The summed E-state index contributed by atoms with van der Waals surface area (Å²) in [7, 11) is 0. The Morgan fingerprint density at radius 1 is 1.17 bits per heavy atom. The first-order chi connectivity index (χ1) is 14.4. The Hall–Kier alpha value is -3.48. The van der Waals surface area contributed by atoms with E-state index in [1.165, 1.54) is 18.2 Å². The number of amides is 2. The molecule has 2 atom stereocenters. The van der Waals surface area contributed by atoms with Crippen LogP contribution in [0.2, 0.25) is 0 Å². The zero-order valence-electron chi connectivity index (χ0n) is 16.7. The van der Waals surface area contributed by atoms with Crippen LogP contribution in [0.1, 0.15) is 35.9 Å². The second-order valence-electron chi connectivity index (χ2n) is 7.70. The summed E-state index contributed by atoms with van der Waals surface area (Å²) in [4.78, 5) is 27.7. The van der Waals surface area contributed by atoms with Crippen molar-refractivity contribution in [1.29, 1.82) is 0 Å². The summed E-state index contributed by atoms with van der Waals surface area (Å²) in [5.41, 5.74) is 1.65. The molecule has 2 amide bonds. The number of piperazine rings is 1. The average Bonchev–Trinajstić information content (AvgIpc) is 3.23. The SMILES string of the molecule is CC(C)[C@H]1C(=O)N[C@@H](c2ccccc2)CN1C(=O)c1cc(-c2ccc(F)cc2)on1. The maximum atomic E-state index is 13.3. The third kappa shape index (κ3) is 3.83. The predicted molar refractivity (Wildman–Crippen MR) is 109 cm³/mol. The number of carbonyl (C=O) groups excluding carboxylic acids is 2. The highest BCUT2D eigenvalue weighted by Crippen LogP contribution is 2.27. The van der Waals surface area contributed by atoms with Crippen molar-refractivity contribution in [3.05, 3.63) is 77.7 Å². The molecule has 7 heteroatoms. The van der Waals surface area contributed by atoms with E-state index in [2.05, 4.69) is 10.5 Å². The molecule has 0 saturated carbocycles. The van der Waals surface area contributed by atoms with Crippen molar-refractivity contribution in [2.45, 2.75) is 25.9 Å². The first-order valence-corrected chi connectivity index (χ1v) is 9.83. The van der Waals surface area contributed by atoms with Crippen LogP contribution in [-0.4, -0.2) is 34.5 Å². The summed E-state index contributed by atoms with van der Waals surface area (Å²) in [5, 5.41) is 6.94. The highest BCUT2D eigenvalue weighted by molar-refractivity contribution is 5.97. The fraction of sp³-hybridized carbons (Fsp3) is 0.261.